The number of rotatable bonds is 3. The van der Waals surface area contributed by atoms with Crippen LogP contribution in [-0.4, -0.2) is 26.7 Å². The Hall–Kier alpha value is -2.31. The van der Waals surface area contributed by atoms with E-state index in [1.54, 1.807) is 29.3 Å². The van der Waals surface area contributed by atoms with Crippen LogP contribution in [0.1, 0.15) is 30.4 Å². The number of nitrogens with zero attached hydrogens (tertiary/aromatic N) is 3. The molecule has 0 bridgehead atoms. The van der Waals surface area contributed by atoms with Crippen molar-refractivity contribution in [2.75, 3.05) is 5.01 Å². The first-order valence-electron chi connectivity index (χ1n) is 7.25. The molecule has 0 fully saturated rings. The lowest BCUT2D eigenvalue weighted by atomic mass is 10.1. The topological polar surface area (TPSA) is 73.0 Å². The van der Waals surface area contributed by atoms with Crippen LogP contribution in [0.2, 0.25) is 0 Å². The SMILES string of the molecule is CCC1C=C(c2c(C)noc2C)N(c2ccc(O)cc2)N1O. The van der Waals surface area contributed by atoms with Gasteiger partial charge < -0.3 is 9.63 Å². The van der Waals surface area contributed by atoms with Gasteiger partial charge in [0.25, 0.3) is 0 Å². The monoisotopic (exact) mass is 301 g/mol. The van der Waals surface area contributed by atoms with Crippen LogP contribution < -0.4 is 5.01 Å². The average Bonchev–Trinajstić information content (AvgIpc) is 3.00. The van der Waals surface area contributed by atoms with Crippen LogP contribution in [0.15, 0.2) is 34.9 Å². The van der Waals surface area contributed by atoms with Crippen molar-refractivity contribution in [3.63, 3.8) is 0 Å². The maximum absolute atomic E-state index is 10.5. The number of aromatic nitrogens is 1. The second kappa shape index (κ2) is 5.47. The van der Waals surface area contributed by atoms with E-state index < -0.39 is 0 Å². The highest BCUT2D eigenvalue weighted by Crippen LogP contribution is 2.37. The number of benzene rings is 1. The molecular weight excluding hydrogens is 282 g/mol. The molecule has 0 radical (unpaired) electrons. The van der Waals surface area contributed by atoms with Gasteiger partial charge in [-0.1, -0.05) is 17.3 Å². The zero-order chi connectivity index (χ0) is 15.9. The van der Waals surface area contributed by atoms with Gasteiger partial charge >= 0.3 is 0 Å². The third kappa shape index (κ3) is 2.26. The molecule has 0 saturated carbocycles. The Morgan fingerprint density at radius 3 is 2.45 bits per heavy atom. The quantitative estimate of drug-likeness (QED) is 0.906. The highest BCUT2D eigenvalue weighted by molar-refractivity contribution is 5.82. The predicted octanol–water partition coefficient (Wildman–Crippen LogP) is 3.24. The molecule has 2 aromatic rings. The van der Waals surface area contributed by atoms with Crippen LogP contribution in [0.5, 0.6) is 5.75 Å². The number of hydroxylamine groups is 1. The minimum Gasteiger partial charge on any atom is -0.508 e. The van der Waals surface area contributed by atoms with Gasteiger partial charge in [0.15, 0.2) is 0 Å². The van der Waals surface area contributed by atoms with Gasteiger partial charge in [0.1, 0.15) is 11.5 Å². The lowest BCUT2D eigenvalue weighted by molar-refractivity contribution is -0.106. The van der Waals surface area contributed by atoms with Crippen LogP contribution in [0.4, 0.5) is 5.69 Å². The molecule has 2 N–H and O–H groups in total. The van der Waals surface area contributed by atoms with Crippen LogP contribution >= 0.6 is 0 Å². The Kier molecular flexibility index (Phi) is 3.64. The molecule has 0 spiro atoms. The van der Waals surface area contributed by atoms with Crippen LogP contribution in [-0.2, 0) is 0 Å². The van der Waals surface area contributed by atoms with E-state index in [0.29, 0.717) is 5.76 Å². The summed E-state index contributed by atoms with van der Waals surface area (Å²) in [5.41, 5.74) is 3.24. The van der Waals surface area contributed by atoms with Gasteiger partial charge in [-0.2, -0.15) is 0 Å². The molecule has 1 unspecified atom stereocenters. The van der Waals surface area contributed by atoms with E-state index in [4.69, 9.17) is 4.52 Å². The zero-order valence-corrected chi connectivity index (χ0v) is 12.8. The molecule has 2 heterocycles. The first-order valence-corrected chi connectivity index (χ1v) is 7.25. The summed E-state index contributed by atoms with van der Waals surface area (Å²) in [5, 5.41) is 26.9. The minimum absolute atomic E-state index is 0.127. The summed E-state index contributed by atoms with van der Waals surface area (Å²) in [5.74, 6) is 0.889. The Balaban J connectivity index is 2.10. The Morgan fingerprint density at radius 2 is 1.91 bits per heavy atom. The van der Waals surface area contributed by atoms with E-state index in [1.807, 2.05) is 26.8 Å². The van der Waals surface area contributed by atoms with Gasteiger partial charge in [-0.05, 0) is 50.6 Å². The minimum atomic E-state index is -0.127. The van der Waals surface area contributed by atoms with Crippen molar-refractivity contribution in [3.05, 3.63) is 47.4 Å². The fourth-order valence-corrected chi connectivity index (χ4v) is 2.75. The molecule has 1 aliphatic rings. The Bertz CT molecular complexity index is 686. The van der Waals surface area contributed by atoms with Gasteiger partial charge in [0, 0.05) is 0 Å². The predicted molar refractivity (Wildman–Crippen MR) is 82.2 cm³/mol. The van der Waals surface area contributed by atoms with Crippen LogP contribution in [0.25, 0.3) is 5.70 Å². The molecule has 6 nitrogen and oxygen atoms in total. The lowest BCUT2D eigenvalue weighted by Gasteiger charge is -2.30. The highest BCUT2D eigenvalue weighted by atomic mass is 16.6. The maximum atomic E-state index is 10.5. The number of hydrogen-bond acceptors (Lipinski definition) is 6. The van der Waals surface area contributed by atoms with E-state index >= 15 is 0 Å². The summed E-state index contributed by atoms with van der Waals surface area (Å²) in [7, 11) is 0. The van der Waals surface area contributed by atoms with Crippen molar-refractivity contribution in [1.82, 2.24) is 10.3 Å². The number of hydrazine groups is 1. The van der Waals surface area contributed by atoms with Gasteiger partial charge in [-0.3, -0.25) is 10.2 Å². The van der Waals surface area contributed by atoms with Gasteiger partial charge in [-0.25, -0.2) is 0 Å². The number of phenols is 1. The van der Waals surface area contributed by atoms with E-state index in [9.17, 15) is 10.3 Å². The Morgan fingerprint density at radius 1 is 1.23 bits per heavy atom. The lowest BCUT2D eigenvalue weighted by Crippen LogP contribution is -2.39. The summed E-state index contributed by atoms with van der Waals surface area (Å²) in [4.78, 5) is 0. The summed E-state index contributed by atoms with van der Waals surface area (Å²) < 4.78 is 5.26. The third-order valence-corrected chi connectivity index (χ3v) is 3.88. The molecule has 3 rings (SSSR count). The Labute approximate surface area is 128 Å². The van der Waals surface area contributed by atoms with Crippen molar-refractivity contribution < 1.29 is 14.8 Å². The molecule has 1 atom stereocenters. The number of aryl methyl sites for hydroxylation is 2. The number of hydrogen-bond donors (Lipinski definition) is 2. The third-order valence-electron chi connectivity index (χ3n) is 3.88. The van der Waals surface area contributed by atoms with Gasteiger partial charge in [0.05, 0.1) is 28.7 Å². The molecule has 116 valence electrons. The molecular formula is C16H19N3O3. The molecule has 1 aromatic carbocycles. The molecule has 0 aliphatic carbocycles. The standard InChI is InChI=1S/C16H19N3O3/c1-4-12-9-15(16-10(2)17-22-11(16)3)18(19(12)21)13-5-7-14(20)8-6-13/h5-9,12,20-21H,4H2,1-3H3. The fraction of sp³-hybridized carbons (Fsp3) is 0.312. The van der Waals surface area contributed by atoms with Crippen LogP contribution in [0, 0.1) is 13.8 Å². The van der Waals surface area contributed by atoms with Crippen molar-refractivity contribution in [1.29, 1.82) is 0 Å². The van der Waals surface area contributed by atoms with Gasteiger partial charge in [0.2, 0.25) is 0 Å². The van der Waals surface area contributed by atoms with E-state index in [-0.39, 0.29) is 11.8 Å². The zero-order valence-electron chi connectivity index (χ0n) is 12.8. The maximum Gasteiger partial charge on any atom is 0.143 e. The molecule has 1 aromatic heterocycles. The molecule has 0 saturated heterocycles. The van der Waals surface area contributed by atoms with E-state index in [0.717, 1.165) is 29.1 Å². The van der Waals surface area contributed by atoms with Crippen molar-refractivity contribution in [2.45, 2.75) is 33.2 Å². The summed E-state index contributed by atoms with van der Waals surface area (Å²) in [6.07, 6.45) is 2.76. The van der Waals surface area contributed by atoms with Crippen LogP contribution in [0.3, 0.4) is 0 Å². The number of aromatic hydroxyl groups is 1. The largest absolute Gasteiger partial charge is 0.508 e. The second-order valence-corrected chi connectivity index (χ2v) is 5.38. The number of anilines is 1. The normalized spacial score (nSPS) is 18.8. The summed E-state index contributed by atoms with van der Waals surface area (Å²) in [6.45, 7) is 5.74. The average molecular weight is 301 g/mol. The number of phenolic OH excluding ortho intramolecular Hbond substituents is 1. The van der Waals surface area contributed by atoms with Crippen molar-refractivity contribution in [2.24, 2.45) is 0 Å². The van der Waals surface area contributed by atoms with Crippen molar-refractivity contribution in [3.8, 4) is 5.75 Å². The highest BCUT2D eigenvalue weighted by Gasteiger charge is 2.34. The smallest absolute Gasteiger partial charge is 0.143 e. The second-order valence-electron chi connectivity index (χ2n) is 5.38. The molecule has 0 amide bonds. The first-order chi connectivity index (χ1) is 10.5. The van der Waals surface area contributed by atoms with E-state index in [1.165, 1.54) is 5.17 Å². The van der Waals surface area contributed by atoms with E-state index in [2.05, 4.69) is 5.16 Å². The first kappa shape index (κ1) is 14.6. The molecule has 1 aliphatic heterocycles. The summed E-state index contributed by atoms with van der Waals surface area (Å²) in [6, 6.07) is 6.56. The van der Waals surface area contributed by atoms with Gasteiger partial charge in [-0.15, -0.1) is 0 Å². The molecule has 6 heteroatoms. The fourth-order valence-electron chi connectivity index (χ4n) is 2.75. The summed E-state index contributed by atoms with van der Waals surface area (Å²) >= 11 is 0. The molecule has 22 heavy (non-hydrogen) atoms. The van der Waals surface area contributed by atoms with Crippen molar-refractivity contribution >= 4 is 11.4 Å².